The molecule has 1 aromatic rings. The van der Waals surface area contributed by atoms with Gasteiger partial charge in [0.05, 0.1) is 6.04 Å². The van der Waals surface area contributed by atoms with E-state index in [0.717, 1.165) is 5.56 Å². The zero-order valence-corrected chi connectivity index (χ0v) is 9.37. The summed E-state index contributed by atoms with van der Waals surface area (Å²) in [6.07, 6.45) is -1.01. The molecule has 1 fully saturated rings. The minimum absolute atomic E-state index is 0.184. The van der Waals surface area contributed by atoms with Gasteiger partial charge < -0.3 is 14.7 Å². The molecule has 1 amide bonds. The molecule has 1 aliphatic rings. The van der Waals surface area contributed by atoms with Gasteiger partial charge in [-0.2, -0.15) is 0 Å². The average Bonchev–Trinajstić information content (AvgIpc) is 2.33. The van der Waals surface area contributed by atoms with Crippen LogP contribution in [0.1, 0.15) is 11.6 Å². The molecule has 1 N–H and O–H groups in total. The highest BCUT2D eigenvalue weighted by Crippen LogP contribution is 2.28. The molecule has 0 spiro atoms. The van der Waals surface area contributed by atoms with Crippen molar-refractivity contribution in [3.8, 4) is 0 Å². The average molecular weight is 235 g/mol. The Morgan fingerprint density at radius 1 is 1.41 bits per heavy atom. The maximum atomic E-state index is 11.6. The number of hydrogen-bond acceptors (Lipinski definition) is 3. The summed E-state index contributed by atoms with van der Waals surface area (Å²) in [5.41, 5.74) is 0.760. The number of morpholine rings is 1. The molecule has 1 aromatic carbocycles. The number of likely N-dealkylation sites (N-methyl/N-ethyl adjacent to an activating group) is 1. The van der Waals surface area contributed by atoms with Crippen molar-refractivity contribution >= 4 is 11.9 Å². The Kier molecular flexibility index (Phi) is 3.10. The summed E-state index contributed by atoms with van der Waals surface area (Å²) in [4.78, 5) is 24.1. The van der Waals surface area contributed by atoms with Gasteiger partial charge in [-0.25, -0.2) is 4.79 Å². The van der Waals surface area contributed by atoms with Crippen molar-refractivity contribution < 1.29 is 19.4 Å². The molecule has 1 heterocycles. The fourth-order valence-corrected chi connectivity index (χ4v) is 1.97. The number of benzene rings is 1. The fourth-order valence-electron chi connectivity index (χ4n) is 1.97. The van der Waals surface area contributed by atoms with Gasteiger partial charge in [0.15, 0.2) is 6.10 Å². The van der Waals surface area contributed by atoms with Crippen LogP contribution in [0, 0.1) is 0 Å². The van der Waals surface area contributed by atoms with E-state index < -0.39 is 18.1 Å². The number of amides is 1. The number of rotatable bonds is 2. The molecule has 90 valence electrons. The molecule has 0 bridgehead atoms. The van der Waals surface area contributed by atoms with Crippen LogP contribution in [0.15, 0.2) is 30.3 Å². The third kappa shape index (κ3) is 2.14. The molecule has 0 saturated carbocycles. The summed E-state index contributed by atoms with van der Waals surface area (Å²) in [5, 5.41) is 9.11. The molecule has 5 nitrogen and oxygen atoms in total. The second-order valence-corrected chi connectivity index (χ2v) is 3.93. The number of carbonyl (C=O) groups excluding carboxylic acids is 1. The van der Waals surface area contributed by atoms with Crippen LogP contribution in [-0.2, 0) is 14.3 Å². The van der Waals surface area contributed by atoms with E-state index in [1.165, 1.54) is 4.90 Å². The Hall–Kier alpha value is -1.88. The zero-order valence-electron chi connectivity index (χ0n) is 9.37. The van der Waals surface area contributed by atoms with Gasteiger partial charge in [0.25, 0.3) is 0 Å². The molecule has 5 heteroatoms. The van der Waals surface area contributed by atoms with Crippen LogP contribution in [0.4, 0.5) is 0 Å². The molecule has 0 radical (unpaired) electrons. The fraction of sp³-hybridized carbons (Fsp3) is 0.333. The number of carboxylic acid groups (broad SMARTS) is 1. The van der Waals surface area contributed by atoms with E-state index in [4.69, 9.17) is 9.84 Å². The molecule has 0 unspecified atom stereocenters. The second kappa shape index (κ2) is 4.55. The predicted molar refractivity (Wildman–Crippen MR) is 59.3 cm³/mol. The SMILES string of the molecule is CN1C(=O)CO[C@@H](C(=O)O)[C@@H]1c1ccccc1. The third-order valence-electron chi connectivity index (χ3n) is 2.87. The lowest BCUT2D eigenvalue weighted by molar-refractivity contribution is -0.171. The Morgan fingerprint density at radius 3 is 2.65 bits per heavy atom. The van der Waals surface area contributed by atoms with E-state index in [0.29, 0.717) is 0 Å². The van der Waals surface area contributed by atoms with Gasteiger partial charge >= 0.3 is 5.97 Å². The van der Waals surface area contributed by atoms with E-state index in [1.54, 1.807) is 31.3 Å². The molecular formula is C12H13NO4. The van der Waals surface area contributed by atoms with Crippen molar-refractivity contribution in [2.24, 2.45) is 0 Å². The van der Waals surface area contributed by atoms with Gasteiger partial charge in [-0.1, -0.05) is 30.3 Å². The van der Waals surface area contributed by atoms with Gasteiger partial charge in [-0.15, -0.1) is 0 Å². The summed E-state index contributed by atoms with van der Waals surface area (Å²) >= 11 is 0. The maximum Gasteiger partial charge on any atom is 0.335 e. The standard InChI is InChI=1S/C12H13NO4/c1-13-9(14)7-17-11(12(15)16)10(13)8-5-3-2-4-6-8/h2-6,10-11H,7H2,1H3,(H,15,16)/t10-,11+/m0/s1. The summed E-state index contributed by atoms with van der Waals surface area (Å²) in [7, 11) is 1.60. The minimum atomic E-state index is -1.06. The van der Waals surface area contributed by atoms with Crippen molar-refractivity contribution in [1.82, 2.24) is 4.90 Å². The maximum absolute atomic E-state index is 11.6. The first-order chi connectivity index (χ1) is 8.11. The summed E-state index contributed by atoms with van der Waals surface area (Å²) in [5.74, 6) is -1.27. The van der Waals surface area contributed by atoms with Crippen LogP contribution in [0.5, 0.6) is 0 Å². The highest BCUT2D eigenvalue weighted by Gasteiger charge is 2.39. The van der Waals surface area contributed by atoms with Crippen LogP contribution >= 0.6 is 0 Å². The highest BCUT2D eigenvalue weighted by atomic mass is 16.5. The van der Waals surface area contributed by atoms with Crippen LogP contribution in [0.3, 0.4) is 0 Å². The molecule has 1 saturated heterocycles. The quantitative estimate of drug-likeness (QED) is 0.818. The van der Waals surface area contributed by atoms with Crippen LogP contribution in [-0.4, -0.2) is 41.6 Å². The first-order valence-electron chi connectivity index (χ1n) is 5.26. The lowest BCUT2D eigenvalue weighted by Crippen LogP contribution is -2.50. The number of aliphatic carboxylic acids is 1. The van der Waals surface area contributed by atoms with Gasteiger partial charge in [-0.05, 0) is 5.56 Å². The number of hydrogen-bond donors (Lipinski definition) is 1. The Balaban J connectivity index is 2.37. The third-order valence-corrected chi connectivity index (χ3v) is 2.87. The van der Waals surface area contributed by atoms with Gasteiger partial charge in [0.1, 0.15) is 6.61 Å². The lowest BCUT2D eigenvalue weighted by atomic mass is 9.98. The Labute approximate surface area is 98.6 Å². The van der Waals surface area contributed by atoms with E-state index in [2.05, 4.69) is 0 Å². The van der Waals surface area contributed by atoms with Crippen LogP contribution < -0.4 is 0 Å². The van der Waals surface area contributed by atoms with Crippen molar-refractivity contribution in [2.45, 2.75) is 12.1 Å². The minimum Gasteiger partial charge on any atom is -0.479 e. The predicted octanol–water partition coefficient (Wildman–Crippen LogP) is 0.669. The Morgan fingerprint density at radius 2 is 2.06 bits per heavy atom. The number of nitrogens with zero attached hydrogens (tertiary/aromatic N) is 1. The van der Waals surface area contributed by atoms with Crippen molar-refractivity contribution in [3.63, 3.8) is 0 Å². The molecule has 0 aromatic heterocycles. The first-order valence-corrected chi connectivity index (χ1v) is 5.26. The highest BCUT2D eigenvalue weighted by molar-refractivity contribution is 5.82. The molecule has 0 aliphatic carbocycles. The monoisotopic (exact) mass is 235 g/mol. The van der Waals surface area contributed by atoms with Crippen LogP contribution in [0.2, 0.25) is 0 Å². The Bertz CT molecular complexity index is 431. The number of carbonyl (C=O) groups is 2. The smallest absolute Gasteiger partial charge is 0.335 e. The van der Waals surface area contributed by atoms with E-state index in [9.17, 15) is 9.59 Å². The largest absolute Gasteiger partial charge is 0.479 e. The molecule has 2 atom stereocenters. The van der Waals surface area contributed by atoms with Gasteiger partial charge in [0.2, 0.25) is 5.91 Å². The van der Waals surface area contributed by atoms with Crippen molar-refractivity contribution in [1.29, 1.82) is 0 Å². The van der Waals surface area contributed by atoms with E-state index in [1.807, 2.05) is 6.07 Å². The molecule has 17 heavy (non-hydrogen) atoms. The zero-order chi connectivity index (χ0) is 12.4. The van der Waals surface area contributed by atoms with Crippen LogP contribution in [0.25, 0.3) is 0 Å². The number of carboxylic acids is 1. The molecule has 1 aliphatic heterocycles. The number of ether oxygens (including phenoxy) is 1. The summed E-state index contributed by atoms with van der Waals surface area (Å²) in [6.45, 7) is -0.184. The summed E-state index contributed by atoms with van der Waals surface area (Å²) in [6, 6.07) is 8.46. The first kappa shape index (κ1) is 11.6. The van der Waals surface area contributed by atoms with E-state index in [-0.39, 0.29) is 12.5 Å². The molecule has 2 rings (SSSR count). The van der Waals surface area contributed by atoms with Crippen molar-refractivity contribution in [3.05, 3.63) is 35.9 Å². The lowest BCUT2D eigenvalue weighted by Gasteiger charge is -2.37. The van der Waals surface area contributed by atoms with E-state index >= 15 is 0 Å². The van der Waals surface area contributed by atoms with Crippen molar-refractivity contribution in [2.75, 3.05) is 13.7 Å². The topological polar surface area (TPSA) is 66.8 Å². The molecular weight excluding hydrogens is 222 g/mol. The normalized spacial score (nSPS) is 24.8. The van der Waals surface area contributed by atoms with Gasteiger partial charge in [0, 0.05) is 7.05 Å². The summed E-state index contributed by atoms with van der Waals surface area (Å²) < 4.78 is 5.10. The van der Waals surface area contributed by atoms with Gasteiger partial charge in [-0.3, -0.25) is 4.79 Å². The second-order valence-electron chi connectivity index (χ2n) is 3.93.